The first kappa shape index (κ1) is 10.7. The molecule has 1 heterocycles. The van der Waals surface area contributed by atoms with E-state index in [9.17, 15) is 0 Å². The molecular weight excluding hydrogens is 230 g/mol. The minimum atomic E-state index is -0.0600. The zero-order chi connectivity index (χ0) is 9.90. The van der Waals surface area contributed by atoms with E-state index < -0.39 is 0 Å². The van der Waals surface area contributed by atoms with Gasteiger partial charge >= 0.3 is 0 Å². The smallest absolute Gasteiger partial charge is 0.106 e. The quantitative estimate of drug-likeness (QED) is 0.828. The first-order chi connectivity index (χ1) is 6.03. The van der Waals surface area contributed by atoms with Gasteiger partial charge in [-0.05, 0) is 39.4 Å². The number of aromatic nitrogens is 1. The summed E-state index contributed by atoms with van der Waals surface area (Å²) in [5, 5.41) is 9.08. The van der Waals surface area contributed by atoms with Gasteiger partial charge in [-0.15, -0.1) is 0 Å². The Morgan fingerprint density at radius 1 is 1.46 bits per heavy atom. The predicted molar refractivity (Wildman–Crippen MR) is 56.5 cm³/mol. The second-order valence-electron chi connectivity index (χ2n) is 3.99. The van der Waals surface area contributed by atoms with Crippen molar-refractivity contribution in [2.24, 2.45) is 5.41 Å². The Balaban J connectivity index is 2.69. The average molecular weight is 244 g/mol. The van der Waals surface area contributed by atoms with E-state index in [0.717, 1.165) is 16.6 Å². The van der Waals surface area contributed by atoms with Crippen LogP contribution in [0.3, 0.4) is 0 Å². The second-order valence-corrected chi connectivity index (χ2v) is 4.80. The molecule has 1 rings (SSSR count). The summed E-state index contributed by atoms with van der Waals surface area (Å²) >= 11 is 3.28. The minimum Gasteiger partial charge on any atom is -0.396 e. The molecule has 0 aliphatic rings. The van der Waals surface area contributed by atoms with Crippen LogP contribution in [0, 0.1) is 5.41 Å². The van der Waals surface area contributed by atoms with Crippen LogP contribution in [0.5, 0.6) is 0 Å². The molecule has 0 spiro atoms. The molecule has 0 amide bonds. The van der Waals surface area contributed by atoms with Crippen molar-refractivity contribution in [3.8, 4) is 0 Å². The molecule has 1 aromatic rings. The Kier molecular flexibility index (Phi) is 3.45. The van der Waals surface area contributed by atoms with Gasteiger partial charge < -0.3 is 5.11 Å². The highest BCUT2D eigenvalue weighted by molar-refractivity contribution is 9.10. The lowest BCUT2D eigenvalue weighted by molar-refractivity contribution is 0.159. The fourth-order valence-corrected chi connectivity index (χ4v) is 1.35. The van der Waals surface area contributed by atoms with Gasteiger partial charge in [0.1, 0.15) is 4.60 Å². The molecule has 1 N–H and O–H groups in total. The van der Waals surface area contributed by atoms with E-state index in [0.29, 0.717) is 0 Å². The summed E-state index contributed by atoms with van der Waals surface area (Å²) in [6.07, 6.45) is 2.69. The lowest BCUT2D eigenvalue weighted by Gasteiger charge is -2.21. The van der Waals surface area contributed by atoms with Gasteiger partial charge in [-0.1, -0.05) is 19.9 Å². The van der Waals surface area contributed by atoms with E-state index in [1.165, 1.54) is 0 Å². The number of halogens is 1. The fraction of sp³-hybridized carbons (Fsp3) is 0.500. The van der Waals surface area contributed by atoms with Gasteiger partial charge in [-0.2, -0.15) is 0 Å². The number of aliphatic hydroxyl groups excluding tert-OH is 1. The summed E-state index contributed by atoms with van der Waals surface area (Å²) in [6, 6.07) is 3.94. The molecule has 2 nitrogen and oxygen atoms in total. The van der Waals surface area contributed by atoms with Gasteiger partial charge in [0.05, 0.1) is 0 Å². The van der Waals surface area contributed by atoms with E-state index >= 15 is 0 Å². The van der Waals surface area contributed by atoms with Crippen LogP contribution in [0.25, 0.3) is 0 Å². The molecule has 0 saturated heterocycles. The summed E-state index contributed by atoms with van der Waals surface area (Å²) in [6.45, 7) is 4.27. The van der Waals surface area contributed by atoms with Crippen LogP contribution in [-0.4, -0.2) is 16.7 Å². The molecule has 0 saturated carbocycles. The molecule has 0 fully saturated rings. The largest absolute Gasteiger partial charge is 0.396 e. The van der Waals surface area contributed by atoms with E-state index in [1.807, 2.05) is 32.2 Å². The highest BCUT2D eigenvalue weighted by atomic mass is 79.9. The van der Waals surface area contributed by atoms with Crippen molar-refractivity contribution in [1.29, 1.82) is 0 Å². The first-order valence-corrected chi connectivity index (χ1v) is 5.04. The number of pyridine rings is 1. The first-order valence-electron chi connectivity index (χ1n) is 4.25. The van der Waals surface area contributed by atoms with Gasteiger partial charge in [0.25, 0.3) is 0 Å². The third-order valence-electron chi connectivity index (χ3n) is 1.90. The molecule has 0 bridgehead atoms. The number of nitrogens with zero attached hydrogens (tertiary/aromatic N) is 1. The van der Waals surface area contributed by atoms with Crippen molar-refractivity contribution in [1.82, 2.24) is 4.98 Å². The highest BCUT2D eigenvalue weighted by Crippen LogP contribution is 2.20. The number of aliphatic hydroxyl groups is 1. The van der Waals surface area contributed by atoms with Gasteiger partial charge in [0, 0.05) is 12.8 Å². The topological polar surface area (TPSA) is 33.1 Å². The predicted octanol–water partition coefficient (Wildman–Crippen LogP) is 2.41. The molecule has 0 radical (unpaired) electrons. The van der Waals surface area contributed by atoms with Crippen LogP contribution >= 0.6 is 15.9 Å². The molecule has 13 heavy (non-hydrogen) atoms. The lowest BCUT2D eigenvalue weighted by Crippen LogP contribution is -2.19. The summed E-state index contributed by atoms with van der Waals surface area (Å²) in [4.78, 5) is 4.13. The molecule has 0 atom stereocenters. The zero-order valence-corrected chi connectivity index (χ0v) is 9.50. The molecule has 0 unspecified atom stereocenters. The maximum atomic E-state index is 9.08. The van der Waals surface area contributed by atoms with Crippen molar-refractivity contribution in [2.45, 2.75) is 20.3 Å². The zero-order valence-electron chi connectivity index (χ0n) is 7.92. The SMILES string of the molecule is CC(C)(CO)Cc1ccc(Br)nc1. The fourth-order valence-electron chi connectivity index (χ4n) is 1.12. The lowest BCUT2D eigenvalue weighted by atomic mass is 9.87. The van der Waals surface area contributed by atoms with Crippen LogP contribution in [0.4, 0.5) is 0 Å². The Labute approximate surface area is 87.1 Å². The maximum absolute atomic E-state index is 9.08. The van der Waals surface area contributed by atoms with E-state index in [4.69, 9.17) is 5.11 Å². The van der Waals surface area contributed by atoms with Gasteiger partial charge in [-0.25, -0.2) is 4.98 Å². The molecule has 0 aliphatic carbocycles. The van der Waals surface area contributed by atoms with Crippen molar-refractivity contribution >= 4 is 15.9 Å². The second kappa shape index (κ2) is 4.20. The molecular formula is C10H14BrNO. The van der Waals surface area contributed by atoms with Crippen molar-refractivity contribution < 1.29 is 5.11 Å². The Bertz CT molecular complexity index is 269. The molecule has 0 aromatic carbocycles. The monoisotopic (exact) mass is 243 g/mol. The molecule has 72 valence electrons. The Morgan fingerprint density at radius 3 is 2.62 bits per heavy atom. The van der Waals surface area contributed by atoms with Gasteiger partial charge in [0.15, 0.2) is 0 Å². The Hall–Kier alpha value is -0.410. The standard InChI is InChI=1S/C10H14BrNO/c1-10(2,7-13)5-8-3-4-9(11)12-6-8/h3-4,6,13H,5,7H2,1-2H3. The van der Waals surface area contributed by atoms with Crippen LogP contribution < -0.4 is 0 Å². The number of rotatable bonds is 3. The summed E-state index contributed by atoms with van der Waals surface area (Å²) < 4.78 is 0.845. The Morgan fingerprint density at radius 2 is 2.15 bits per heavy atom. The van der Waals surface area contributed by atoms with Gasteiger partial charge in [0.2, 0.25) is 0 Å². The van der Waals surface area contributed by atoms with Crippen LogP contribution in [-0.2, 0) is 6.42 Å². The van der Waals surface area contributed by atoms with Crippen molar-refractivity contribution in [3.05, 3.63) is 28.5 Å². The van der Waals surface area contributed by atoms with Crippen LogP contribution in [0.15, 0.2) is 22.9 Å². The normalized spacial score (nSPS) is 11.7. The third kappa shape index (κ3) is 3.44. The maximum Gasteiger partial charge on any atom is 0.106 e. The number of hydrogen-bond acceptors (Lipinski definition) is 2. The molecule has 3 heteroatoms. The highest BCUT2D eigenvalue weighted by Gasteiger charge is 2.16. The van der Waals surface area contributed by atoms with Crippen molar-refractivity contribution in [3.63, 3.8) is 0 Å². The minimum absolute atomic E-state index is 0.0600. The van der Waals surface area contributed by atoms with E-state index in [1.54, 1.807) is 0 Å². The summed E-state index contributed by atoms with van der Waals surface area (Å²) in [5.41, 5.74) is 1.09. The summed E-state index contributed by atoms with van der Waals surface area (Å²) in [5.74, 6) is 0. The van der Waals surface area contributed by atoms with Crippen molar-refractivity contribution in [2.75, 3.05) is 6.61 Å². The van der Waals surface area contributed by atoms with Crippen LogP contribution in [0.2, 0.25) is 0 Å². The molecule has 1 aromatic heterocycles. The van der Waals surface area contributed by atoms with E-state index in [2.05, 4.69) is 20.9 Å². The average Bonchev–Trinajstić information content (AvgIpc) is 2.09. The molecule has 0 aliphatic heterocycles. The van der Waals surface area contributed by atoms with Crippen LogP contribution in [0.1, 0.15) is 19.4 Å². The number of hydrogen-bond donors (Lipinski definition) is 1. The summed E-state index contributed by atoms with van der Waals surface area (Å²) in [7, 11) is 0. The van der Waals surface area contributed by atoms with E-state index in [-0.39, 0.29) is 12.0 Å². The third-order valence-corrected chi connectivity index (χ3v) is 2.37. The van der Waals surface area contributed by atoms with Gasteiger partial charge in [-0.3, -0.25) is 0 Å².